The van der Waals surface area contributed by atoms with Gasteiger partial charge in [-0.2, -0.15) is 5.10 Å². The van der Waals surface area contributed by atoms with Crippen LogP contribution in [0.3, 0.4) is 0 Å². The minimum atomic E-state index is 0.155. The topological polar surface area (TPSA) is 43.8 Å². The van der Waals surface area contributed by atoms with E-state index in [2.05, 4.69) is 18.9 Å². The lowest BCUT2D eigenvalue weighted by atomic mass is 9.96. The molecule has 2 atom stereocenters. The Balaban J connectivity index is 2.80. The molecule has 0 aliphatic heterocycles. The normalized spacial score (nSPS) is 15.3. The number of aryl methyl sites for hydroxylation is 2. The monoisotopic (exact) mass is 229 g/mol. The molecule has 15 heavy (non-hydrogen) atoms. The van der Waals surface area contributed by atoms with Gasteiger partial charge >= 0.3 is 0 Å². The number of halogens is 1. The molecule has 0 saturated carbocycles. The molecule has 0 bridgehead atoms. The molecular weight excluding hydrogens is 210 g/mol. The number of nitrogens with zero attached hydrogens (tertiary/aromatic N) is 2. The molecule has 1 rings (SSSR count). The van der Waals surface area contributed by atoms with Crippen molar-refractivity contribution in [2.75, 3.05) is 0 Å². The SMILES string of the molecule is CCC(C)C(N)Cc1c(Cl)c(C)nn1C. The third-order valence-corrected chi connectivity index (χ3v) is 3.56. The van der Waals surface area contributed by atoms with Crippen LogP contribution in [-0.4, -0.2) is 15.8 Å². The lowest BCUT2D eigenvalue weighted by Gasteiger charge is -2.18. The van der Waals surface area contributed by atoms with Crippen LogP contribution in [0.5, 0.6) is 0 Å². The maximum Gasteiger partial charge on any atom is 0.0847 e. The van der Waals surface area contributed by atoms with E-state index in [0.717, 1.165) is 29.3 Å². The summed E-state index contributed by atoms with van der Waals surface area (Å²) in [5, 5.41) is 5.04. The van der Waals surface area contributed by atoms with Gasteiger partial charge in [-0.25, -0.2) is 0 Å². The molecule has 0 aliphatic rings. The first kappa shape index (κ1) is 12.5. The predicted molar refractivity (Wildman–Crippen MR) is 64.1 cm³/mol. The summed E-state index contributed by atoms with van der Waals surface area (Å²) in [6.07, 6.45) is 1.89. The first-order valence-corrected chi connectivity index (χ1v) is 5.78. The summed E-state index contributed by atoms with van der Waals surface area (Å²) in [4.78, 5) is 0. The fourth-order valence-electron chi connectivity index (χ4n) is 1.63. The summed E-state index contributed by atoms with van der Waals surface area (Å²) in [7, 11) is 1.91. The second-order valence-electron chi connectivity index (χ2n) is 4.22. The molecule has 0 fully saturated rings. The van der Waals surface area contributed by atoms with Gasteiger partial charge in [0.05, 0.1) is 16.4 Å². The highest BCUT2D eigenvalue weighted by Crippen LogP contribution is 2.22. The second-order valence-corrected chi connectivity index (χ2v) is 4.60. The van der Waals surface area contributed by atoms with Gasteiger partial charge in [-0.3, -0.25) is 4.68 Å². The van der Waals surface area contributed by atoms with Crippen molar-refractivity contribution in [1.29, 1.82) is 0 Å². The number of hydrogen-bond acceptors (Lipinski definition) is 2. The Labute approximate surface area is 96.6 Å². The fraction of sp³-hybridized carbons (Fsp3) is 0.727. The van der Waals surface area contributed by atoms with Crippen molar-refractivity contribution < 1.29 is 0 Å². The van der Waals surface area contributed by atoms with E-state index >= 15 is 0 Å². The van der Waals surface area contributed by atoms with Gasteiger partial charge in [0.25, 0.3) is 0 Å². The Morgan fingerprint density at radius 1 is 1.53 bits per heavy atom. The zero-order valence-corrected chi connectivity index (χ0v) is 10.7. The summed E-state index contributed by atoms with van der Waals surface area (Å²) in [5.41, 5.74) is 8.03. The fourth-order valence-corrected chi connectivity index (χ4v) is 1.87. The highest BCUT2D eigenvalue weighted by atomic mass is 35.5. The quantitative estimate of drug-likeness (QED) is 0.861. The van der Waals surface area contributed by atoms with Crippen molar-refractivity contribution in [3.05, 3.63) is 16.4 Å². The van der Waals surface area contributed by atoms with E-state index in [1.807, 2.05) is 18.7 Å². The van der Waals surface area contributed by atoms with Crippen molar-refractivity contribution in [3.8, 4) is 0 Å². The predicted octanol–water partition coefficient (Wildman–Crippen LogP) is 2.30. The Bertz CT molecular complexity index is 333. The molecule has 1 aromatic rings. The lowest BCUT2D eigenvalue weighted by Crippen LogP contribution is -2.31. The number of hydrogen-bond donors (Lipinski definition) is 1. The molecule has 3 nitrogen and oxygen atoms in total. The van der Waals surface area contributed by atoms with Crippen LogP contribution in [0.2, 0.25) is 5.02 Å². The highest BCUT2D eigenvalue weighted by Gasteiger charge is 2.17. The first-order valence-electron chi connectivity index (χ1n) is 5.40. The molecule has 0 amide bonds. The van der Waals surface area contributed by atoms with Crippen molar-refractivity contribution in [2.45, 2.75) is 39.7 Å². The third kappa shape index (κ3) is 2.73. The zero-order chi connectivity index (χ0) is 11.6. The Morgan fingerprint density at radius 3 is 2.53 bits per heavy atom. The van der Waals surface area contributed by atoms with Crippen LogP contribution in [0.4, 0.5) is 0 Å². The average Bonchev–Trinajstić information content (AvgIpc) is 2.43. The van der Waals surface area contributed by atoms with Gasteiger partial charge in [0.2, 0.25) is 0 Å². The third-order valence-electron chi connectivity index (χ3n) is 3.07. The zero-order valence-electron chi connectivity index (χ0n) is 9.92. The highest BCUT2D eigenvalue weighted by molar-refractivity contribution is 6.31. The molecule has 2 unspecified atom stereocenters. The number of rotatable bonds is 4. The van der Waals surface area contributed by atoms with Crippen molar-refractivity contribution in [2.24, 2.45) is 18.7 Å². The lowest BCUT2D eigenvalue weighted by molar-refractivity contribution is 0.431. The smallest absolute Gasteiger partial charge is 0.0847 e. The maximum atomic E-state index is 6.17. The van der Waals surface area contributed by atoms with Crippen LogP contribution < -0.4 is 5.73 Å². The summed E-state index contributed by atoms with van der Waals surface area (Å²) >= 11 is 6.17. The summed E-state index contributed by atoms with van der Waals surface area (Å²) < 4.78 is 1.83. The van der Waals surface area contributed by atoms with Gasteiger partial charge in [0, 0.05) is 19.5 Å². The Hall–Kier alpha value is -0.540. The van der Waals surface area contributed by atoms with E-state index in [1.54, 1.807) is 0 Å². The van der Waals surface area contributed by atoms with Crippen LogP contribution in [0.25, 0.3) is 0 Å². The molecule has 4 heteroatoms. The molecule has 0 spiro atoms. The van der Waals surface area contributed by atoms with Crippen LogP contribution in [0.1, 0.15) is 31.7 Å². The van der Waals surface area contributed by atoms with Gasteiger partial charge in [-0.15, -0.1) is 0 Å². The summed E-state index contributed by atoms with van der Waals surface area (Å²) in [6, 6.07) is 0.155. The molecule has 0 aromatic carbocycles. The molecule has 0 saturated heterocycles. The minimum Gasteiger partial charge on any atom is -0.327 e. The first-order chi connectivity index (χ1) is 6.97. The van der Waals surface area contributed by atoms with Crippen molar-refractivity contribution in [3.63, 3.8) is 0 Å². The molecule has 1 aromatic heterocycles. The number of aromatic nitrogens is 2. The van der Waals surface area contributed by atoms with Crippen LogP contribution in [0.15, 0.2) is 0 Å². The van der Waals surface area contributed by atoms with E-state index in [4.69, 9.17) is 17.3 Å². The molecule has 0 aliphatic carbocycles. The van der Waals surface area contributed by atoms with Crippen LogP contribution in [-0.2, 0) is 13.5 Å². The average molecular weight is 230 g/mol. The number of nitrogens with two attached hydrogens (primary N) is 1. The Kier molecular flexibility index (Phi) is 4.17. The molecule has 86 valence electrons. The maximum absolute atomic E-state index is 6.17. The van der Waals surface area contributed by atoms with Crippen LogP contribution >= 0.6 is 11.6 Å². The Morgan fingerprint density at radius 2 is 2.13 bits per heavy atom. The van der Waals surface area contributed by atoms with Crippen molar-refractivity contribution in [1.82, 2.24) is 9.78 Å². The summed E-state index contributed by atoms with van der Waals surface area (Å²) in [5.74, 6) is 0.510. The van der Waals surface area contributed by atoms with Gasteiger partial charge < -0.3 is 5.73 Å². The molecule has 0 radical (unpaired) electrons. The van der Waals surface area contributed by atoms with Crippen molar-refractivity contribution >= 4 is 11.6 Å². The van der Waals surface area contributed by atoms with Gasteiger partial charge in [-0.05, 0) is 12.8 Å². The van der Waals surface area contributed by atoms with Gasteiger partial charge in [0.1, 0.15) is 0 Å². The molecular formula is C11H20ClN3. The second kappa shape index (κ2) is 4.99. The molecule has 2 N–H and O–H groups in total. The van der Waals surface area contributed by atoms with E-state index in [-0.39, 0.29) is 6.04 Å². The van der Waals surface area contributed by atoms with E-state index in [1.165, 1.54) is 0 Å². The van der Waals surface area contributed by atoms with E-state index in [9.17, 15) is 0 Å². The van der Waals surface area contributed by atoms with E-state index < -0.39 is 0 Å². The van der Waals surface area contributed by atoms with Crippen LogP contribution in [0, 0.1) is 12.8 Å². The van der Waals surface area contributed by atoms with Gasteiger partial charge in [-0.1, -0.05) is 31.9 Å². The molecule has 1 heterocycles. The van der Waals surface area contributed by atoms with Gasteiger partial charge in [0.15, 0.2) is 0 Å². The standard InChI is InChI=1S/C11H20ClN3/c1-5-7(2)9(13)6-10-11(12)8(3)14-15(10)4/h7,9H,5-6,13H2,1-4H3. The van der Waals surface area contributed by atoms with E-state index in [0.29, 0.717) is 5.92 Å². The largest absolute Gasteiger partial charge is 0.327 e. The minimum absolute atomic E-state index is 0.155. The summed E-state index contributed by atoms with van der Waals surface area (Å²) in [6.45, 7) is 6.24.